The Hall–Kier alpha value is -0.410. The standard InChI is InChI=1S/C13H19BrFN/c1-5-13(2,3)12(16-4)9-7-6-8-10(14)11(9)15/h6-8,12,16H,5H2,1-4H3. The van der Waals surface area contributed by atoms with Gasteiger partial charge in [-0.1, -0.05) is 32.9 Å². The van der Waals surface area contributed by atoms with Crippen molar-refractivity contribution in [3.63, 3.8) is 0 Å². The molecular weight excluding hydrogens is 269 g/mol. The van der Waals surface area contributed by atoms with Gasteiger partial charge in [0, 0.05) is 11.6 Å². The van der Waals surface area contributed by atoms with E-state index in [1.165, 1.54) is 0 Å². The second-order valence-corrected chi connectivity index (χ2v) is 5.56. The molecule has 0 fully saturated rings. The molecule has 0 saturated heterocycles. The Morgan fingerprint density at radius 1 is 1.44 bits per heavy atom. The van der Waals surface area contributed by atoms with Crippen LogP contribution in [-0.2, 0) is 0 Å². The van der Waals surface area contributed by atoms with Crippen LogP contribution in [0.2, 0.25) is 0 Å². The van der Waals surface area contributed by atoms with E-state index in [0.717, 1.165) is 12.0 Å². The van der Waals surface area contributed by atoms with Crippen molar-refractivity contribution in [2.75, 3.05) is 7.05 Å². The SMILES string of the molecule is CCC(C)(C)C(NC)c1cccc(Br)c1F. The summed E-state index contributed by atoms with van der Waals surface area (Å²) < 4.78 is 14.5. The van der Waals surface area contributed by atoms with Crippen LogP contribution in [0.3, 0.4) is 0 Å². The fourth-order valence-electron chi connectivity index (χ4n) is 1.91. The average Bonchev–Trinajstić information content (AvgIpc) is 2.25. The fraction of sp³-hybridized carbons (Fsp3) is 0.538. The number of hydrogen-bond acceptors (Lipinski definition) is 1. The molecule has 1 aromatic carbocycles. The summed E-state index contributed by atoms with van der Waals surface area (Å²) in [6, 6.07) is 5.47. The molecule has 0 aliphatic carbocycles. The molecule has 0 aliphatic rings. The minimum Gasteiger partial charge on any atom is -0.312 e. The predicted octanol–water partition coefficient (Wildman–Crippen LogP) is 4.28. The minimum atomic E-state index is -0.164. The third kappa shape index (κ3) is 2.64. The van der Waals surface area contributed by atoms with Crippen LogP contribution in [0.4, 0.5) is 4.39 Å². The summed E-state index contributed by atoms with van der Waals surface area (Å²) >= 11 is 3.23. The molecule has 0 amide bonds. The molecular formula is C13H19BrFN. The lowest BCUT2D eigenvalue weighted by molar-refractivity contribution is 0.240. The molecule has 0 heterocycles. The predicted molar refractivity (Wildman–Crippen MR) is 70.0 cm³/mol. The van der Waals surface area contributed by atoms with Crippen LogP contribution in [-0.4, -0.2) is 7.05 Å². The van der Waals surface area contributed by atoms with Gasteiger partial charge >= 0.3 is 0 Å². The van der Waals surface area contributed by atoms with Crippen LogP contribution >= 0.6 is 15.9 Å². The van der Waals surface area contributed by atoms with Crippen molar-refractivity contribution in [1.82, 2.24) is 5.32 Å². The first-order valence-electron chi connectivity index (χ1n) is 5.55. The summed E-state index contributed by atoms with van der Waals surface area (Å²) in [5.41, 5.74) is 0.750. The molecule has 1 unspecified atom stereocenters. The van der Waals surface area contributed by atoms with Crippen LogP contribution in [0.1, 0.15) is 38.8 Å². The summed E-state index contributed by atoms with van der Waals surface area (Å²) in [4.78, 5) is 0. The fourth-order valence-corrected chi connectivity index (χ4v) is 2.30. The number of nitrogens with one attached hydrogen (secondary N) is 1. The van der Waals surface area contributed by atoms with E-state index in [1.807, 2.05) is 19.2 Å². The highest BCUT2D eigenvalue weighted by Crippen LogP contribution is 2.38. The second kappa shape index (κ2) is 5.28. The van der Waals surface area contributed by atoms with E-state index in [2.05, 4.69) is 42.0 Å². The normalized spacial score (nSPS) is 13.9. The molecule has 1 nitrogen and oxygen atoms in total. The van der Waals surface area contributed by atoms with Crippen molar-refractivity contribution in [2.45, 2.75) is 33.2 Å². The first-order valence-corrected chi connectivity index (χ1v) is 6.34. The molecule has 0 aromatic heterocycles. The van der Waals surface area contributed by atoms with E-state index in [0.29, 0.717) is 4.47 Å². The van der Waals surface area contributed by atoms with Crippen LogP contribution in [0, 0.1) is 11.2 Å². The van der Waals surface area contributed by atoms with E-state index < -0.39 is 0 Å². The highest BCUT2D eigenvalue weighted by Gasteiger charge is 2.30. The molecule has 90 valence electrons. The molecule has 1 atom stereocenters. The number of halogens is 2. The summed E-state index contributed by atoms with van der Waals surface area (Å²) in [6.45, 7) is 6.42. The summed E-state index contributed by atoms with van der Waals surface area (Å²) in [7, 11) is 1.88. The van der Waals surface area contributed by atoms with Gasteiger partial charge in [-0.25, -0.2) is 4.39 Å². The van der Waals surface area contributed by atoms with Crippen molar-refractivity contribution in [3.8, 4) is 0 Å². The molecule has 0 radical (unpaired) electrons. The van der Waals surface area contributed by atoms with Gasteiger partial charge < -0.3 is 5.32 Å². The first kappa shape index (κ1) is 13.7. The van der Waals surface area contributed by atoms with Gasteiger partial charge in [-0.15, -0.1) is 0 Å². The van der Waals surface area contributed by atoms with Crippen LogP contribution in [0.15, 0.2) is 22.7 Å². The molecule has 1 N–H and O–H groups in total. The highest BCUT2D eigenvalue weighted by atomic mass is 79.9. The van der Waals surface area contributed by atoms with Gasteiger partial charge in [0.1, 0.15) is 5.82 Å². The molecule has 1 rings (SSSR count). The summed E-state index contributed by atoms with van der Waals surface area (Å²) in [6.07, 6.45) is 0.991. The van der Waals surface area contributed by atoms with E-state index >= 15 is 0 Å². The largest absolute Gasteiger partial charge is 0.312 e. The van der Waals surface area contributed by atoms with Gasteiger partial charge in [0.05, 0.1) is 4.47 Å². The maximum atomic E-state index is 14.0. The van der Waals surface area contributed by atoms with Gasteiger partial charge in [0.2, 0.25) is 0 Å². The van der Waals surface area contributed by atoms with Crippen molar-refractivity contribution in [2.24, 2.45) is 5.41 Å². The second-order valence-electron chi connectivity index (χ2n) is 4.71. The molecule has 16 heavy (non-hydrogen) atoms. The molecule has 3 heteroatoms. The zero-order chi connectivity index (χ0) is 12.3. The zero-order valence-electron chi connectivity index (χ0n) is 10.3. The van der Waals surface area contributed by atoms with Gasteiger partial charge in [-0.3, -0.25) is 0 Å². The number of benzene rings is 1. The monoisotopic (exact) mass is 287 g/mol. The lowest BCUT2D eigenvalue weighted by Crippen LogP contribution is -2.32. The quantitative estimate of drug-likeness (QED) is 0.871. The molecule has 0 spiro atoms. The van der Waals surface area contributed by atoms with Crippen molar-refractivity contribution in [1.29, 1.82) is 0 Å². The average molecular weight is 288 g/mol. The topological polar surface area (TPSA) is 12.0 Å². The molecule has 0 aliphatic heterocycles. The van der Waals surface area contributed by atoms with E-state index in [1.54, 1.807) is 6.07 Å². The number of rotatable bonds is 4. The molecule has 0 saturated carbocycles. The smallest absolute Gasteiger partial charge is 0.142 e. The van der Waals surface area contributed by atoms with Gasteiger partial charge in [-0.05, 0) is 40.9 Å². The summed E-state index contributed by atoms with van der Waals surface area (Å²) in [5.74, 6) is -0.164. The lowest BCUT2D eigenvalue weighted by Gasteiger charge is -2.34. The van der Waals surface area contributed by atoms with Crippen molar-refractivity contribution >= 4 is 15.9 Å². The van der Waals surface area contributed by atoms with Crippen LogP contribution < -0.4 is 5.32 Å². The Kier molecular flexibility index (Phi) is 4.51. The van der Waals surface area contributed by atoms with Gasteiger partial charge in [0.15, 0.2) is 0 Å². The Bertz CT molecular complexity index is 363. The van der Waals surface area contributed by atoms with E-state index in [-0.39, 0.29) is 17.3 Å². The third-order valence-electron chi connectivity index (χ3n) is 3.27. The Morgan fingerprint density at radius 2 is 2.06 bits per heavy atom. The van der Waals surface area contributed by atoms with Crippen molar-refractivity contribution < 1.29 is 4.39 Å². The van der Waals surface area contributed by atoms with Crippen molar-refractivity contribution in [3.05, 3.63) is 34.1 Å². The highest BCUT2D eigenvalue weighted by molar-refractivity contribution is 9.10. The molecule has 0 bridgehead atoms. The maximum Gasteiger partial charge on any atom is 0.142 e. The minimum absolute atomic E-state index is 0.0231. The Labute approximate surface area is 106 Å². The third-order valence-corrected chi connectivity index (χ3v) is 3.89. The van der Waals surface area contributed by atoms with E-state index in [4.69, 9.17) is 0 Å². The van der Waals surface area contributed by atoms with Gasteiger partial charge in [0.25, 0.3) is 0 Å². The first-order chi connectivity index (χ1) is 7.44. The Balaban J connectivity index is 3.19. The van der Waals surface area contributed by atoms with Gasteiger partial charge in [-0.2, -0.15) is 0 Å². The lowest BCUT2D eigenvalue weighted by atomic mass is 9.78. The zero-order valence-corrected chi connectivity index (χ0v) is 11.9. The maximum absolute atomic E-state index is 14.0. The summed E-state index contributed by atoms with van der Waals surface area (Å²) in [5, 5.41) is 3.22. The van der Waals surface area contributed by atoms with Crippen LogP contribution in [0.25, 0.3) is 0 Å². The Morgan fingerprint density at radius 3 is 2.56 bits per heavy atom. The number of hydrogen-bond donors (Lipinski definition) is 1. The van der Waals surface area contributed by atoms with Crippen LogP contribution in [0.5, 0.6) is 0 Å². The van der Waals surface area contributed by atoms with E-state index in [9.17, 15) is 4.39 Å². The molecule has 1 aromatic rings.